The van der Waals surface area contributed by atoms with E-state index in [1.807, 2.05) is 26.8 Å². The molecule has 1 aromatic rings. The first-order valence-electron chi connectivity index (χ1n) is 9.25. The van der Waals surface area contributed by atoms with E-state index >= 15 is 0 Å². The molecule has 138 valence electrons. The molecule has 0 radical (unpaired) electrons. The Bertz CT molecular complexity index is 616. The highest BCUT2D eigenvalue weighted by Crippen LogP contribution is 2.26. The van der Waals surface area contributed by atoms with E-state index in [4.69, 9.17) is 9.47 Å². The molecule has 0 bridgehead atoms. The average molecular weight is 346 g/mol. The number of piperidine rings is 1. The zero-order valence-corrected chi connectivity index (χ0v) is 15.9. The second-order valence-electron chi connectivity index (χ2n) is 8.20. The van der Waals surface area contributed by atoms with Gasteiger partial charge in [-0.3, -0.25) is 0 Å². The Kier molecular flexibility index (Phi) is 5.23. The third kappa shape index (κ3) is 4.88. The average Bonchev–Trinajstić information content (AvgIpc) is 2.55. The van der Waals surface area contributed by atoms with Crippen LogP contribution in [-0.4, -0.2) is 54.3 Å². The number of nitrogens with zero attached hydrogens (tertiary/aromatic N) is 2. The van der Waals surface area contributed by atoms with Crippen molar-refractivity contribution >= 4 is 6.09 Å². The Morgan fingerprint density at radius 2 is 1.84 bits per heavy atom. The summed E-state index contributed by atoms with van der Waals surface area (Å²) in [6, 6.07) is 6.28. The van der Waals surface area contributed by atoms with Gasteiger partial charge in [-0.1, -0.05) is 6.07 Å². The summed E-state index contributed by atoms with van der Waals surface area (Å²) in [7, 11) is 2.16. The molecule has 0 saturated carbocycles. The number of carbonyl (C=O) groups excluding carboxylic acids is 1. The van der Waals surface area contributed by atoms with Crippen LogP contribution in [0, 0.1) is 0 Å². The molecule has 0 aliphatic carbocycles. The van der Waals surface area contributed by atoms with Gasteiger partial charge in [-0.25, -0.2) is 4.79 Å². The Morgan fingerprint density at radius 3 is 2.52 bits per heavy atom. The fourth-order valence-corrected chi connectivity index (χ4v) is 3.38. The molecule has 1 aromatic carbocycles. The van der Waals surface area contributed by atoms with Crippen molar-refractivity contribution in [2.24, 2.45) is 0 Å². The SMILES string of the molecule is CN1CCC(Oc2ccc3c(c2)CCN(C(=O)OC(C)(C)C)C3)CC1. The molecule has 1 saturated heterocycles. The lowest BCUT2D eigenvalue weighted by Gasteiger charge is -2.32. The van der Waals surface area contributed by atoms with Crippen molar-refractivity contribution in [3.05, 3.63) is 29.3 Å². The number of rotatable bonds is 2. The highest BCUT2D eigenvalue weighted by molar-refractivity contribution is 5.68. The van der Waals surface area contributed by atoms with Gasteiger partial charge >= 0.3 is 6.09 Å². The van der Waals surface area contributed by atoms with Crippen molar-refractivity contribution in [1.82, 2.24) is 9.80 Å². The number of amides is 1. The van der Waals surface area contributed by atoms with Crippen molar-refractivity contribution in [3.63, 3.8) is 0 Å². The summed E-state index contributed by atoms with van der Waals surface area (Å²) in [6.07, 6.45) is 3.10. The molecule has 25 heavy (non-hydrogen) atoms. The second kappa shape index (κ2) is 7.24. The van der Waals surface area contributed by atoms with E-state index in [0.29, 0.717) is 19.2 Å². The maximum absolute atomic E-state index is 12.3. The maximum atomic E-state index is 12.3. The van der Waals surface area contributed by atoms with Crippen molar-refractivity contribution in [2.75, 3.05) is 26.7 Å². The van der Waals surface area contributed by atoms with Crippen LogP contribution < -0.4 is 4.74 Å². The molecule has 2 heterocycles. The number of likely N-dealkylation sites (tertiary alicyclic amines) is 1. The summed E-state index contributed by atoms with van der Waals surface area (Å²) in [5.74, 6) is 0.957. The van der Waals surface area contributed by atoms with E-state index in [2.05, 4.69) is 24.1 Å². The van der Waals surface area contributed by atoms with Gasteiger partial charge in [0.25, 0.3) is 0 Å². The highest BCUT2D eigenvalue weighted by atomic mass is 16.6. The molecule has 0 unspecified atom stereocenters. The lowest BCUT2D eigenvalue weighted by atomic mass is 9.99. The van der Waals surface area contributed by atoms with Crippen LogP contribution in [0.1, 0.15) is 44.7 Å². The molecular formula is C20H30N2O3. The third-order valence-corrected chi connectivity index (χ3v) is 4.81. The standard InChI is InChI=1S/C20H30N2O3/c1-20(2,3)25-19(23)22-12-7-15-13-18(6-5-16(15)14-22)24-17-8-10-21(4)11-9-17/h5-6,13,17H,7-12,14H2,1-4H3. The Morgan fingerprint density at radius 1 is 1.12 bits per heavy atom. The Hall–Kier alpha value is -1.75. The summed E-state index contributed by atoms with van der Waals surface area (Å²) >= 11 is 0. The quantitative estimate of drug-likeness (QED) is 0.822. The predicted octanol–water partition coefficient (Wildman–Crippen LogP) is 3.45. The van der Waals surface area contributed by atoms with E-state index in [1.54, 1.807) is 4.90 Å². The van der Waals surface area contributed by atoms with E-state index in [-0.39, 0.29) is 6.09 Å². The number of carbonyl (C=O) groups is 1. The van der Waals surface area contributed by atoms with E-state index in [9.17, 15) is 4.79 Å². The van der Waals surface area contributed by atoms with Crippen LogP contribution in [0.3, 0.4) is 0 Å². The minimum absolute atomic E-state index is 0.232. The largest absolute Gasteiger partial charge is 0.490 e. The molecule has 2 aliphatic rings. The second-order valence-corrected chi connectivity index (χ2v) is 8.20. The molecule has 0 atom stereocenters. The highest BCUT2D eigenvalue weighted by Gasteiger charge is 2.26. The molecule has 5 heteroatoms. The molecule has 0 N–H and O–H groups in total. The van der Waals surface area contributed by atoms with Crippen LogP contribution in [0.5, 0.6) is 5.75 Å². The fourth-order valence-electron chi connectivity index (χ4n) is 3.38. The number of hydrogen-bond acceptors (Lipinski definition) is 4. The summed E-state index contributed by atoms with van der Waals surface area (Å²) in [6.45, 7) is 9.19. The number of ether oxygens (including phenoxy) is 2. The predicted molar refractivity (Wildman–Crippen MR) is 97.9 cm³/mol. The molecule has 0 aromatic heterocycles. The molecule has 5 nitrogen and oxygen atoms in total. The van der Waals surface area contributed by atoms with Crippen LogP contribution in [0.2, 0.25) is 0 Å². The summed E-state index contributed by atoms with van der Waals surface area (Å²) in [4.78, 5) is 16.4. The summed E-state index contributed by atoms with van der Waals surface area (Å²) in [5, 5.41) is 0. The zero-order valence-electron chi connectivity index (χ0n) is 15.9. The first kappa shape index (κ1) is 18.1. The van der Waals surface area contributed by atoms with Gasteiger partial charge in [-0.2, -0.15) is 0 Å². The first-order valence-corrected chi connectivity index (χ1v) is 9.25. The van der Waals surface area contributed by atoms with Crippen LogP contribution >= 0.6 is 0 Å². The van der Waals surface area contributed by atoms with Gasteiger partial charge < -0.3 is 19.3 Å². The Labute approximate surface area is 150 Å². The minimum Gasteiger partial charge on any atom is -0.490 e. The molecular weight excluding hydrogens is 316 g/mol. The van der Waals surface area contributed by atoms with Crippen molar-refractivity contribution in [3.8, 4) is 5.75 Å². The third-order valence-electron chi connectivity index (χ3n) is 4.81. The van der Waals surface area contributed by atoms with Gasteiger partial charge in [-0.05, 0) is 70.3 Å². The lowest BCUT2D eigenvalue weighted by molar-refractivity contribution is 0.0224. The smallest absolute Gasteiger partial charge is 0.410 e. The fraction of sp³-hybridized carbons (Fsp3) is 0.650. The van der Waals surface area contributed by atoms with Gasteiger partial charge in [0, 0.05) is 26.2 Å². The van der Waals surface area contributed by atoms with Gasteiger partial charge in [0.15, 0.2) is 0 Å². The molecule has 1 amide bonds. The van der Waals surface area contributed by atoms with Crippen molar-refractivity contribution in [1.29, 1.82) is 0 Å². The van der Waals surface area contributed by atoms with Gasteiger partial charge in [0.1, 0.15) is 17.5 Å². The molecule has 0 spiro atoms. The van der Waals surface area contributed by atoms with Crippen molar-refractivity contribution < 1.29 is 14.3 Å². The van der Waals surface area contributed by atoms with Crippen molar-refractivity contribution in [2.45, 2.75) is 58.3 Å². The number of hydrogen-bond donors (Lipinski definition) is 0. The van der Waals surface area contributed by atoms with E-state index in [0.717, 1.165) is 38.1 Å². The lowest BCUT2D eigenvalue weighted by Crippen LogP contribution is -2.39. The summed E-state index contributed by atoms with van der Waals surface area (Å²) in [5.41, 5.74) is 2.02. The molecule has 1 fully saturated rings. The number of benzene rings is 1. The Balaban J connectivity index is 1.60. The topological polar surface area (TPSA) is 42.0 Å². The van der Waals surface area contributed by atoms with Gasteiger partial charge in [-0.15, -0.1) is 0 Å². The van der Waals surface area contributed by atoms with Gasteiger partial charge in [0.05, 0.1) is 0 Å². The van der Waals surface area contributed by atoms with Crippen LogP contribution in [-0.2, 0) is 17.7 Å². The molecule has 2 aliphatic heterocycles. The molecule has 3 rings (SSSR count). The normalized spacial score (nSPS) is 19.4. The van der Waals surface area contributed by atoms with Gasteiger partial charge in [0.2, 0.25) is 0 Å². The zero-order chi connectivity index (χ0) is 18.0. The summed E-state index contributed by atoms with van der Waals surface area (Å²) < 4.78 is 11.7. The van der Waals surface area contributed by atoms with E-state index < -0.39 is 5.60 Å². The maximum Gasteiger partial charge on any atom is 0.410 e. The van der Waals surface area contributed by atoms with E-state index in [1.165, 1.54) is 11.1 Å². The monoisotopic (exact) mass is 346 g/mol. The number of fused-ring (bicyclic) bond motifs is 1. The first-order chi connectivity index (χ1) is 11.8. The van der Waals surface area contributed by atoms with Crippen LogP contribution in [0.25, 0.3) is 0 Å². The van der Waals surface area contributed by atoms with Crippen LogP contribution in [0.4, 0.5) is 4.79 Å². The minimum atomic E-state index is -0.455. The van der Waals surface area contributed by atoms with Crippen LogP contribution in [0.15, 0.2) is 18.2 Å².